The van der Waals surface area contributed by atoms with Crippen LogP contribution in [0.15, 0.2) is 101 Å². The van der Waals surface area contributed by atoms with Crippen LogP contribution in [-0.4, -0.2) is 21.5 Å². The Balaban J connectivity index is 1.88. The summed E-state index contributed by atoms with van der Waals surface area (Å²) in [4.78, 5) is 17.8. The topological polar surface area (TPSA) is 50.5 Å². The second kappa shape index (κ2) is 6.87. The van der Waals surface area contributed by atoms with Gasteiger partial charge in [0, 0.05) is 47.6 Å². The molecule has 0 bridgehead atoms. The molecule has 0 atom stereocenters. The van der Waals surface area contributed by atoms with Crippen molar-refractivity contribution in [1.82, 2.24) is 9.97 Å². The fourth-order valence-electron chi connectivity index (χ4n) is 2.48. The molecule has 4 heteroatoms. The van der Waals surface area contributed by atoms with Crippen molar-refractivity contribution in [2.24, 2.45) is 9.98 Å². The van der Waals surface area contributed by atoms with E-state index >= 15 is 0 Å². The Labute approximate surface area is 145 Å². The summed E-state index contributed by atoms with van der Waals surface area (Å²) in [5.41, 5.74) is 7.52. The van der Waals surface area contributed by atoms with Crippen LogP contribution in [0.5, 0.6) is 0 Å². The predicted molar refractivity (Wildman–Crippen MR) is 99.5 cm³/mol. The molecule has 2 aromatic heterocycles. The molecule has 1 aliphatic rings. The van der Waals surface area contributed by atoms with E-state index in [-0.39, 0.29) is 0 Å². The Morgan fingerprint density at radius 2 is 1.32 bits per heavy atom. The molecular formula is C21H14N4. The van der Waals surface area contributed by atoms with Gasteiger partial charge in [0.2, 0.25) is 0 Å². The molecule has 0 spiro atoms. The van der Waals surface area contributed by atoms with Crippen LogP contribution in [0.2, 0.25) is 0 Å². The molecule has 1 aromatic carbocycles. The van der Waals surface area contributed by atoms with Gasteiger partial charge in [-0.25, -0.2) is 9.98 Å². The first-order chi connectivity index (χ1) is 12.4. The third kappa shape index (κ3) is 3.34. The molecule has 0 radical (unpaired) electrons. The molecule has 3 heterocycles. The first-order valence-corrected chi connectivity index (χ1v) is 7.90. The highest BCUT2D eigenvalue weighted by atomic mass is 14.9. The summed E-state index contributed by atoms with van der Waals surface area (Å²) in [5.74, 6) is 0.604. The monoisotopic (exact) mass is 322 g/mol. The lowest BCUT2D eigenvalue weighted by molar-refractivity contribution is 1.29. The number of hydrogen-bond acceptors (Lipinski definition) is 4. The number of aliphatic imine (C=N–C) groups is 2. The van der Waals surface area contributed by atoms with Crippen LogP contribution in [0, 0.1) is 0 Å². The molecule has 1 aliphatic heterocycles. The maximum absolute atomic E-state index is 4.76. The molecule has 0 fully saturated rings. The van der Waals surface area contributed by atoms with Crippen molar-refractivity contribution in [3.05, 3.63) is 108 Å². The lowest BCUT2D eigenvalue weighted by Crippen LogP contribution is -2.04. The lowest BCUT2D eigenvalue weighted by atomic mass is 10.1. The largest absolute Gasteiger partial charge is 0.264 e. The van der Waals surface area contributed by atoms with Gasteiger partial charge in [-0.05, 0) is 24.3 Å². The van der Waals surface area contributed by atoms with Crippen LogP contribution in [0.25, 0.3) is 5.70 Å². The number of rotatable bonds is 3. The highest BCUT2D eigenvalue weighted by Crippen LogP contribution is 2.19. The fraction of sp³-hybridized carbons (Fsp3) is 0. The molecule has 4 nitrogen and oxygen atoms in total. The van der Waals surface area contributed by atoms with Gasteiger partial charge < -0.3 is 0 Å². The molecule has 0 amide bonds. The van der Waals surface area contributed by atoms with Crippen molar-refractivity contribution in [3.63, 3.8) is 0 Å². The van der Waals surface area contributed by atoms with Gasteiger partial charge in [0.1, 0.15) is 5.70 Å². The smallest absolute Gasteiger partial charge is 0.162 e. The van der Waals surface area contributed by atoms with E-state index in [1.165, 1.54) is 0 Å². The summed E-state index contributed by atoms with van der Waals surface area (Å²) in [5, 5.41) is 0. The van der Waals surface area contributed by atoms with E-state index < -0.39 is 0 Å². The number of pyridine rings is 2. The Morgan fingerprint density at radius 1 is 0.640 bits per heavy atom. The minimum atomic E-state index is 0.604. The molecule has 0 aliphatic carbocycles. The van der Waals surface area contributed by atoms with E-state index in [1.807, 2.05) is 60.7 Å². The normalized spacial score (nSPS) is 13.5. The van der Waals surface area contributed by atoms with Crippen molar-refractivity contribution in [1.29, 1.82) is 0 Å². The molecule has 0 N–H and O–H groups in total. The van der Waals surface area contributed by atoms with Crippen molar-refractivity contribution < 1.29 is 0 Å². The number of hydrogen-bond donors (Lipinski definition) is 0. The van der Waals surface area contributed by atoms with Crippen molar-refractivity contribution in [3.8, 4) is 0 Å². The Kier molecular flexibility index (Phi) is 4.11. The number of allylic oxidation sites excluding steroid dienone is 1. The van der Waals surface area contributed by atoms with Gasteiger partial charge in [0.15, 0.2) is 5.84 Å². The number of nitrogens with zero attached hydrogens (tertiary/aromatic N) is 4. The van der Waals surface area contributed by atoms with Gasteiger partial charge in [-0.1, -0.05) is 36.1 Å². The maximum atomic E-state index is 4.76. The maximum Gasteiger partial charge on any atom is 0.162 e. The highest BCUT2D eigenvalue weighted by molar-refractivity contribution is 6.18. The van der Waals surface area contributed by atoms with E-state index in [9.17, 15) is 0 Å². The second-order valence-corrected chi connectivity index (χ2v) is 5.42. The van der Waals surface area contributed by atoms with Crippen molar-refractivity contribution in [2.45, 2.75) is 0 Å². The third-order valence-corrected chi connectivity index (χ3v) is 3.71. The summed E-state index contributed by atoms with van der Waals surface area (Å²) in [7, 11) is 0. The zero-order valence-electron chi connectivity index (χ0n) is 13.4. The highest BCUT2D eigenvalue weighted by Gasteiger charge is 2.11. The Bertz CT molecular complexity index is 998. The van der Waals surface area contributed by atoms with Crippen LogP contribution in [0.4, 0.5) is 0 Å². The van der Waals surface area contributed by atoms with E-state index in [2.05, 4.69) is 15.7 Å². The lowest BCUT2D eigenvalue weighted by Gasteiger charge is -2.04. The van der Waals surface area contributed by atoms with E-state index in [0.29, 0.717) is 11.5 Å². The summed E-state index contributed by atoms with van der Waals surface area (Å²) in [6, 6.07) is 17.7. The van der Waals surface area contributed by atoms with E-state index in [4.69, 9.17) is 9.98 Å². The minimum absolute atomic E-state index is 0.604. The first kappa shape index (κ1) is 14.9. The van der Waals surface area contributed by atoms with Crippen molar-refractivity contribution in [2.75, 3.05) is 0 Å². The number of benzene rings is 1. The average molecular weight is 322 g/mol. The third-order valence-electron chi connectivity index (χ3n) is 3.71. The summed E-state index contributed by atoms with van der Waals surface area (Å²) >= 11 is 0. The fourth-order valence-corrected chi connectivity index (χ4v) is 2.48. The van der Waals surface area contributed by atoms with Gasteiger partial charge in [-0.2, -0.15) is 0 Å². The van der Waals surface area contributed by atoms with Gasteiger partial charge in [-0.3, -0.25) is 9.97 Å². The van der Waals surface area contributed by atoms with Crippen LogP contribution >= 0.6 is 0 Å². The van der Waals surface area contributed by atoms with Gasteiger partial charge in [-0.15, -0.1) is 0 Å². The SMILES string of the molecule is C1=CC(c2ccccc2)=NC(c2cccnc2)=NC=1c1cccnc1. The number of amidine groups is 1. The molecular weight excluding hydrogens is 308 g/mol. The van der Waals surface area contributed by atoms with Gasteiger partial charge in [0.25, 0.3) is 0 Å². The zero-order valence-corrected chi connectivity index (χ0v) is 13.4. The van der Waals surface area contributed by atoms with Crippen LogP contribution < -0.4 is 0 Å². The summed E-state index contributed by atoms with van der Waals surface area (Å²) < 4.78 is 0. The zero-order chi connectivity index (χ0) is 16.9. The van der Waals surface area contributed by atoms with Crippen LogP contribution in [0.3, 0.4) is 0 Å². The predicted octanol–water partition coefficient (Wildman–Crippen LogP) is 3.92. The van der Waals surface area contributed by atoms with Crippen LogP contribution in [-0.2, 0) is 0 Å². The Morgan fingerprint density at radius 3 is 2.00 bits per heavy atom. The average Bonchev–Trinajstić information content (AvgIpc) is 2.93. The van der Waals surface area contributed by atoms with E-state index in [0.717, 1.165) is 22.4 Å². The molecule has 0 unspecified atom stereocenters. The number of aromatic nitrogens is 2. The molecule has 25 heavy (non-hydrogen) atoms. The van der Waals surface area contributed by atoms with E-state index in [1.54, 1.807) is 24.8 Å². The van der Waals surface area contributed by atoms with Gasteiger partial charge >= 0.3 is 0 Å². The molecule has 0 saturated heterocycles. The minimum Gasteiger partial charge on any atom is -0.264 e. The molecule has 3 aromatic rings. The molecule has 118 valence electrons. The van der Waals surface area contributed by atoms with Crippen LogP contribution in [0.1, 0.15) is 16.7 Å². The standard InChI is InChI=1S/C21H14N4/c1-2-6-16(7-3-1)19-10-11-20(17-8-4-12-22-14-17)25-21(24-19)18-9-5-13-23-15-18/h1-10,12-15H. The summed E-state index contributed by atoms with van der Waals surface area (Å²) in [6.07, 6.45) is 8.87. The molecule has 0 saturated carbocycles. The first-order valence-electron chi connectivity index (χ1n) is 7.90. The van der Waals surface area contributed by atoms with Gasteiger partial charge in [0.05, 0.1) is 5.71 Å². The Hall–Kier alpha value is -3.62. The van der Waals surface area contributed by atoms with Crippen molar-refractivity contribution >= 4 is 17.2 Å². The second-order valence-electron chi connectivity index (χ2n) is 5.42. The summed E-state index contributed by atoms with van der Waals surface area (Å²) in [6.45, 7) is 0. The quantitative estimate of drug-likeness (QED) is 0.686. The molecule has 4 rings (SSSR count).